The summed E-state index contributed by atoms with van der Waals surface area (Å²) in [6.07, 6.45) is 11.2. The normalized spacial score (nSPS) is 21.2. The van der Waals surface area contributed by atoms with Crippen LogP contribution in [-0.4, -0.2) is 69.5 Å². The fourth-order valence-corrected chi connectivity index (χ4v) is 6.30. The molecule has 2 aromatic carbocycles. The fourth-order valence-electron chi connectivity index (χ4n) is 6.30. The number of fused-ring (bicyclic) bond motifs is 3. The van der Waals surface area contributed by atoms with Crippen molar-refractivity contribution in [2.75, 3.05) is 31.6 Å². The minimum absolute atomic E-state index is 0.0371. The van der Waals surface area contributed by atoms with Crippen molar-refractivity contribution in [1.29, 1.82) is 0 Å². The standard InChI is InChI=1S/C25H21FN4O2.C7H12FN/c1-5-16-19(26)7-6-14-10-15(31)11-17(22(14)16)20-12-21-18(13-27-24(29-21)32-4)23(28-20)30-9-8-25(30,2)3;8-6-4-7-2-1-3-9(7)5-6/h1,6-7,10-13,31H,8-9H2,2-4H3;6-7H,1-5H2. The number of halogens is 2. The Morgan fingerprint density at radius 1 is 1.17 bits per heavy atom. The van der Waals surface area contributed by atoms with Crippen LogP contribution in [0.1, 0.15) is 45.1 Å². The van der Waals surface area contributed by atoms with Crippen molar-refractivity contribution in [3.05, 3.63) is 47.9 Å². The van der Waals surface area contributed by atoms with Gasteiger partial charge in [0, 0.05) is 41.8 Å². The van der Waals surface area contributed by atoms with E-state index in [4.69, 9.17) is 16.1 Å². The Kier molecular flexibility index (Phi) is 6.90. The van der Waals surface area contributed by atoms with E-state index in [1.54, 1.807) is 30.5 Å². The molecule has 2 unspecified atom stereocenters. The number of aromatic hydroxyl groups is 1. The maximum absolute atomic E-state index is 14.6. The van der Waals surface area contributed by atoms with Gasteiger partial charge >= 0.3 is 6.01 Å². The van der Waals surface area contributed by atoms with E-state index in [0.717, 1.165) is 37.1 Å². The molecule has 3 aliphatic rings. The fraction of sp³-hybridized carbons (Fsp3) is 0.406. The number of nitrogens with zero attached hydrogens (tertiary/aromatic N) is 5. The number of rotatable bonds is 3. The van der Waals surface area contributed by atoms with Gasteiger partial charge in [0.2, 0.25) is 0 Å². The lowest BCUT2D eigenvalue weighted by Gasteiger charge is -2.49. The number of terminal acetylenes is 1. The predicted octanol–water partition coefficient (Wildman–Crippen LogP) is 5.86. The first-order valence-electron chi connectivity index (χ1n) is 14.0. The summed E-state index contributed by atoms with van der Waals surface area (Å²) < 4.78 is 32.4. The molecule has 7 nitrogen and oxygen atoms in total. The molecule has 3 fully saturated rings. The van der Waals surface area contributed by atoms with E-state index in [2.05, 4.69) is 39.5 Å². The second-order valence-corrected chi connectivity index (χ2v) is 11.6. The molecule has 3 saturated heterocycles. The maximum Gasteiger partial charge on any atom is 0.316 e. The smallest absolute Gasteiger partial charge is 0.316 e. The zero-order valence-corrected chi connectivity index (χ0v) is 23.5. The van der Waals surface area contributed by atoms with E-state index in [0.29, 0.717) is 40.1 Å². The molecule has 4 aromatic rings. The second kappa shape index (κ2) is 10.4. The van der Waals surface area contributed by atoms with Crippen LogP contribution in [0.5, 0.6) is 11.8 Å². The zero-order chi connectivity index (χ0) is 28.9. The minimum atomic E-state index is -0.518. The number of phenols is 1. The highest BCUT2D eigenvalue weighted by molar-refractivity contribution is 6.03. The number of alkyl halides is 1. The van der Waals surface area contributed by atoms with Crippen LogP contribution in [0, 0.1) is 18.2 Å². The molecule has 0 amide bonds. The molecule has 0 saturated carbocycles. The quantitative estimate of drug-likeness (QED) is 0.316. The highest BCUT2D eigenvalue weighted by Crippen LogP contribution is 2.41. The van der Waals surface area contributed by atoms with Crippen LogP contribution in [0.2, 0.25) is 0 Å². The van der Waals surface area contributed by atoms with Gasteiger partial charge < -0.3 is 14.7 Å². The summed E-state index contributed by atoms with van der Waals surface area (Å²) in [6, 6.07) is 8.65. The van der Waals surface area contributed by atoms with Gasteiger partial charge in [0.1, 0.15) is 23.6 Å². The van der Waals surface area contributed by atoms with Gasteiger partial charge in [-0.05, 0) is 75.7 Å². The molecule has 0 aliphatic carbocycles. The van der Waals surface area contributed by atoms with Crippen LogP contribution in [0.3, 0.4) is 0 Å². The van der Waals surface area contributed by atoms with Crippen molar-refractivity contribution in [3.63, 3.8) is 0 Å². The molecular weight excluding hydrogens is 524 g/mol. The van der Waals surface area contributed by atoms with Gasteiger partial charge in [0.15, 0.2) is 0 Å². The first kappa shape index (κ1) is 27.2. The third-order valence-corrected chi connectivity index (χ3v) is 8.58. The maximum atomic E-state index is 14.6. The van der Waals surface area contributed by atoms with Crippen molar-refractivity contribution in [3.8, 4) is 35.4 Å². The summed E-state index contributed by atoms with van der Waals surface area (Å²) in [6.45, 7) is 7.00. The summed E-state index contributed by atoms with van der Waals surface area (Å²) in [5.74, 6) is 2.72. The van der Waals surface area contributed by atoms with Gasteiger partial charge in [-0.25, -0.2) is 18.7 Å². The first-order chi connectivity index (χ1) is 19.7. The lowest BCUT2D eigenvalue weighted by Crippen LogP contribution is -2.56. The average molecular weight is 558 g/mol. The number of benzene rings is 2. The Hall–Kier alpha value is -4.03. The van der Waals surface area contributed by atoms with Crippen molar-refractivity contribution >= 4 is 27.5 Å². The van der Waals surface area contributed by atoms with Gasteiger partial charge in [-0.3, -0.25) is 4.90 Å². The summed E-state index contributed by atoms with van der Waals surface area (Å²) >= 11 is 0. The molecule has 7 rings (SSSR count). The third kappa shape index (κ3) is 4.91. The van der Waals surface area contributed by atoms with Gasteiger partial charge in [-0.2, -0.15) is 4.98 Å². The van der Waals surface area contributed by atoms with Crippen LogP contribution in [0.25, 0.3) is 32.9 Å². The summed E-state index contributed by atoms with van der Waals surface area (Å²) in [5.41, 5.74) is 1.75. The van der Waals surface area contributed by atoms with Crippen molar-refractivity contribution in [2.24, 2.45) is 0 Å². The lowest BCUT2D eigenvalue weighted by atomic mass is 9.88. The zero-order valence-electron chi connectivity index (χ0n) is 23.5. The van der Waals surface area contributed by atoms with Gasteiger partial charge in [0.05, 0.1) is 29.3 Å². The predicted molar refractivity (Wildman–Crippen MR) is 157 cm³/mol. The molecule has 0 spiro atoms. The van der Waals surface area contributed by atoms with E-state index >= 15 is 0 Å². The number of methoxy groups -OCH3 is 1. The summed E-state index contributed by atoms with van der Waals surface area (Å²) in [7, 11) is 1.51. The summed E-state index contributed by atoms with van der Waals surface area (Å²) in [5, 5.41) is 12.3. The Bertz CT molecular complexity index is 1670. The van der Waals surface area contributed by atoms with Crippen LogP contribution in [0.4, 0.5) is 14.6 Å². The molecule has 0 bridgehead atoms. The number of anilines is 1. The average Bonchev–Trinajstić information content (AvgIpc) is 3.53. The molecular formula is C32H33F2N5O2. The number of hydrogen-bond donors (Lipinski definition) is 1. The molecule has 212 valence electrons. The van der Waals surface area contributed by atoms with Crippen molar-refractivity contribution in [2.45, 2.75) is 57.3 Å². The van der Waals surface area contributed by atoms with E-state index < -0.39 is 12.0 Å². The molecule has 3 aliphatic heterocycles. The Balaban J connectivity index is 0.000000283. The highest BCUT2D eigenvalue weighted by atomic mass is 19.1. The van der Waals surface area contributed by atoms with Crippen LogP contribution in [0.15, 0.2) is 36.5 Å². The second-order valence-electron chi connectivity index (χ2n) is 11.6. The first-order valence-corrected chi connectivity index (χ1v) is 14.0. The van der Waals surface area contributed by atoms with E-state index in [1.807, 2.05) is 0 Å². The highest BCUT2D eigenvalue weighted by Gasteiger charge is 2.38. The Labute approximate surface area is 238 Å². The monoisotopic (exact) mass is 557 g/mol. The number of phenolic OH excluding ortho intramolecular Hbond substituents is 1. The largest absolute Gasteiger partial charge is 0.508 e. The van der Waals surface area contributed by atoms with Crippen LogP contribution >= 0.6 is 0 Å². The van der Waals surface area contributed by atoms with Crippen LogP contribution in [-0.2, 0) is 0 Å². The van der Waals surface area contributed by atoms with Crippen molar-refractivity contribution in [1.82, 2.24) is 19.9 Å². The van der Waals surface area contributed by atoms with Crippen LogP contribution < -0.4 is 9.64 Å². The molecule has 1 N–H and O–H groups in total. The number of aromatic nitrogens is 3. The topological polar surface area (TPSA) is 74.6 Å². The molecule has 5 heterocycles. The van der Waals surface area contributed by atoms with Gasteiger partial charge in [0.25, 0.3) is 0 Å². The number of hydrogen-bond acceptors (Lipinski definition) is 7. The van der Waals surface area contributed by atoms with E-state index in [1.165, 1.54) is 26.0 Å². The van der Waals surface area contributed by atoms with E-state index in [9.17, 15) is 13.9 Å². The molecule has 9 heteroatoms. The molecule has 2 aromatic heterocycles. The SMILES string of the molecule is C#Cc1c(F)ccc2cc(O)cc(-c3cc4nc(OC)ncc4c(N4CCC4(C)C)n3)c12.FC1CC2CCCN2C1. The molecule has 0 radical (unpaired) electrons. The lowest BCUT2D eigenvalue weighted by molar-refractivity contribution is 0.292. The van der Waals surface area contributed by atoms with Gasteiger partial charge in [-0.15, -0.1) is 6.42 Å². The Morgan fingerprint density at radius 2 is 2.00 bits per heavy atom. The van der Waals surface area contributed by atoms with Crippen molar-refractivity contribution < 1.29 is 18.6 Å². The Morgan fingerprint density at radius 3 is 2.68 bits per heavy atom. The third-order valence-electron chi connectivity index (χ3n) is 8.58. The number of pyridine rings is 1. The molecule has 41 heavy (non-hydrogen) atoms. The molecule has 2 atom stereocenters. The minimum Gasteiger partial charge on any atom is -0.508 e. The summed E-state index contributed by atoms with van der Waals surface area (Å²) in [4.78, 5) is 18.2. The number of ether oxygens (including phenoxy) is 1. The van der Waals surface area contributed by atoms with Gasteiger partial charge in [-0.1, -0.05) is 12.0 Å². The van der Waals surface area contributed by atoms with E-state index in [-0.39, 0.29) is 22.9 Å².